The van der Waals surface area contributed by atoms with Gasteiger partial charge in [-0.3, -0.25) is 4.99 Å². The van der Waals surface area contributed by atoms with Gasteiger partial charge in [-0.2, -0.15) is 11.8 Å². The molecule has 0 bridgehead atoms. The van der Waals surface area contributed by atoms with Crippen molar-refractivity contribution >= 4 is 17.7 Å². The largest absolute Gasteiger partial charge is 0.379 e. The van der Waals surface area contributed by atoms with Crippen molar-refractivity contribution in [1.29, 1.82) is 0 Å². The van der Waals surface area contributed by atoms with Gasteiger partial charge < -0.3 is 15.4 Å². The van der Waals surface area contributed by atoms with Gasteiger partial charge in [0.1, 0.15) is 0 Å². The van der Waals surface area contributed by atoms with Crippen LogP contribution in [0.1, 0.15) is 12.8 Å². The number of hydrogen-bond donors (Lipinski definition) is 1. The Balaban J connectivity index is 1.79. The number of methoxy groups -OCH3 is 1. The van der Waals surface area contributed by atoms with E-state index in [0.29, 0.717) is 5.96 Å². The topological polar surface area (TPSA) is 50.9 Å². The predicted octanol–water partition coefficient (Wildman–Crippen LogP) is 0.775. The Labute approximate surface area is 102 Å². The summed E-state index contributed by atoms with van der Waals surface area (Å²) in [7, 11) is 1.77. The van der Waals surface area contributed by atoms with Gasteiger partial charge >= 0.3 is 0 Å². The van der Waals surface area contributed by atoms with E-state index in [4.69, 9.17) is 10.5 Å². The molecule has 16 heavy (non-hydrogen) atoms. The number of guanidine groups is 1. The lowest BCUT2D eigenvalue weighted by molar-refractivity contribution is 0.0916. The third-order valence-electron chi connectivity index (χ3n) is 3.22. The monoisotopic (exact) mass is 243 g/mol. The Morgan fingerprint density at radius 1 is 1.50 bits per heavy atom. The number of thioether (sulfide) groups is 1. The summed E-state index contributed by atoms with van der Waals surface area (Å²) in [6.45, 7) is 2.78. The van der Waals surface area contributed by atoms with Crippen molar-refractivity contribution in [3.63, 3.8) is 0 Å². The van der Waals surface area contributed by atoms with Crippen LogP contribution in [0.5, 0.6) is 0 Å². The zero-order chi connectivity index (χ0) is 11.4. The second-order valence-corrected chi connectivity index (χ2v) is 5.63. The molecule has 2 fully saturated rings. The van der Waals surface area contributed by atoms with Gasteiger partial charge in [0.25, 0.3) is 0 Å². The number of nitrogens with two attached hydrogens (primary N) is 1. The van der Waals surface area contributed by atoms with Crippen LogP contribution in [-0.2, 0) is 4.74 Å². The van der Waals surface area contributed by atoms with Crippen molar-refractivity contribution in [1.82, 2.24) is 4.90 Å². The summed E-state index contributed by atoms with van der Waals surface area (Å²) in [6.07, 6.45) is 2.85. The molecule has 0 aromatic carbocycles. The molecule has 0 aromatic heterocycles. The van der Waals surface area contributed by atoms with Gasteiger partial charge in [-0.1, -0.05) is 0 Å². The minimum atomic E-state index is 0.276. The molecule has 1 heterocycles. The van der Waals surface area contributed by atoms with Crippen molar-refractivity contribution < 1.29 is 4.74 Å². The summed E-state index contributed by atoms with van der Waals surface area (Å²) in [6, 6.07) is 0. The van der Waals surface area contributed by atoms with Gasteiger partial charge in [0, 0.05) is 31.7 Å². The molecular formula is C11H21N3OS. The molecule has 0 spiro atoms. The molecule has 2 aliphatic rings. The summed E-state index contributed by atoms with van der Waals surface area (Å²) in [5, 5.41) is 0. The van der Waals surface area contributed by atoms with Gasteiger partial charge in [0.15, 0.2) is 5.96 Å². The van der Waals surface area contributed by atoms with Crippen LogP contribution in [0.15, 0.2) is 4.99 Å². The van der Waals surface area contributed by atoms with Crippen LogP contribution in [0.3, 0.4) is 0 Å². The van der Waals surface area contributed by atoms with Crippen molar-refractivity contribution in [3.05, 3.63) is 0 Å². The molecular weight excluding hydrogens is 222 g/mol. The van der Waals surface area contributed by atoms with E-state index >= 15 is 0 Å². The van der Waals surface area contributed by atoms with Crippen LogP contribution in [-0.4, -0.2) is 55.2 Å². The number of rotatable bonds is 4. The Kier molecular flexibility index (Phi) is 4.35. The molecule has 1 unspecified atom stereocenters. The van der Waals surface area contributed by atoms with E-state index < -0.39 is 0 Å². The highest BCUT2D eigenvalue weighted by Crippen LogP contribution is 2.34. The highest BCUT2D eigenvalue weighted by molar-refractivity contribution is 7.99. The van der Waals surface area contributed by atoms with Gasteiger partial charge in [-0.15, -0.1) is 0 Å². The Morgan fingerprint density at radius 3 is 2.75 bits per heavy atom. The van der Waals surface area contributed by atoms with E-state index in [0.717, 1.165) is 37.1 Å². The van der Waals surface area contributed by atoms with E-state index in [-0.39, 0.29) is 6.10 Å². The average molecular weight is 243 g/mol. The number of nitrogens with zero attached hydrogens (tertiary/aromatic N) is 2. The summed E-state index contributed by atoms with van der Waals surface area (Å²) >= 11 is 1.98. The fourth-order valence-corrected chi connectivity index (χ4v) is 2.86. The molecule has 1 saturated carbocycles. The summed E-state index contributed by atoms with van der Waals surface area (Å²) in [4.78, 5) is 6.64. The lowest BCUT2D eigenvalue weighted by Gasteiger charge is -2.27. The average Bonchev–Trinajstić information content (AvgIpc) is 3.15. The fraction of sp³-hybridized carbons (Fsp3) is 0.909. The van der Waals surface area contributed by atoms with Crippen molar-refractivity contribution in [2.45, 2.75) is 18.9 Å². The minimum absolute atomic E-state index is 0.276. The molecule has 2 rings (SSSR count). The normalized spacial score (nSPS) is 24.6. The van der Waals surface area contributed by atoms with E-state index in [2.05, 4.69) is 9.89 Å². The molecule has 5 heteroatoms. The zero-order valence-corrected chi connectivity index (χ0v) is 10.7. The van der Waals surface area contributed by atoms with Crippen LogP contribution in [0, 0.1) is 5.92 Å². The van der Waals surface area contributed by atoms with Gasteiger partial charge in [0.05, 0.1) is 12.6 Å². The fourth-order valence-electron chi connectivity index (χ4n) is 1.96. The van der Waals surface area contributed by atoms with Crippen molar-refractivity contribution in [3.8, 4) is 0 Å². The Morgan fingerprint density at radius 2 is 2.19 bits per heavy atom. The standard InChI is InChI=1S/C11H21N3OS/c1-15-10(9-2-3-9)8-13-11(12)14-4-6-16-7-5-14/h9-10H,2-8H2,1H3,(H2,12,13). The summed E-state index contributed by atoms with van der Waals surface area (Å²) in [5.74, 6) is 3.74. The van der Waals surface area contributed by atoms with Crippen molar-refractivity contribution in [2.24, 2.45) is 16.6 Å². The molecule has 1 saturated heterocycles. The quantitative estimate of drug-likeness (QED) is 0.585. The summed E-state index contributed by atoms with van der Waals surface area (Å²) < 4.78 is 5.43. The van der Waals surface area contributed by atoms with E-state index in [1.807, 2.05) is 11.8 Å². The number of hydrogen-bond acceptors (Lipinski definition) is 3. The smallest absolute Gasteiger partial charge is 0.191 e. The van der Waals surface area contributed by atoms with Gasteiger partial charge in [0.2, 0.25) is 0 Å². The molecule has 92 valence electrons. The molecule has 4 nitrogen and oxygen atoms in total. The highest BCUT2D eigenvalue weighted by Gasteiger charge is 2.31. The molecule has 0 aromatic rings. The zero-order valence-electron chi connectivity index (χ0n) is 9.89. The molecule has 1 aliphatic carbocycles. The maximum atomic E-state index is 5.98. The summed E-state index contributed by atoms with van der Waals surface area (Å²) in [5.41, 5.74) is 5.98. The first kappa shape index (κ1) is 12.0. The molecule has 2 N–H and O–H groups in total. The lowest BCUT2D eigenvalue weighted by atomic mass is 10.2. The van der Waals surface area contributed by atoms with Crippen LogP contribution >= 0.6 is 11.8 Å². The lowest BCUT2D eigenvalue weighted by Crippen LogP contribution is -2.43. The molecule has 1 aliphatic heterocycles. The van der Waals surface area contributed by atoms with Crippen molar-refractivity contribution in [2.75, 3.05) is 38.2 Å². The van der Waals surface area contributed by atoms with Crippen LogP contribution in [0.4, 0.5) is 0 Å². The third-order valence-corrected chi connectivity index (χ3v) is 4.16. The molecule has 1 atom stereocenters. The Bertz CT molecular complexity index is 250. The predicted molar refractivity (Wildman–Crippen MR) is 68.9 cm³/mol. The first-order valence-corrected chi connectivity index (χ1v) is 7.12. The van der Waals surface area contributed by atoms with Crippen LogP contribution in [0.2, 0.25) is 0 Å². The molecule has 0 radical (unpaired) electrons. The van der Waals surface area contributed by atoms with Gasteiger partial charge in [-0.25, -0.2) is 0 Å². The second kappa shape index (κ2) is 5.77. The molecule has 0 amide bonds. The SMILES string of the molecule is COC(CN=C(N)N1CCSCC1)C1CC1. The first-order chi connectivity index (χ1) is 7.81. The van der Waals surface area contributed by atoms with Crippen LogP contribution < -0.4 is 5.73 Å². The third kappa shape index (κ3) is 3.28. The maximum absolute atomic E-state index is 5.98. The maximum Gasteiger partial charge on any atom is 0.191 e. The van der Waals surface area contributed by atoms with Gasteiger partial charge in [-0.05, 0) is 18.8 Å². The first-order valence-electron chi connectivity index (χ1n) is 5.96. The minimum Gasteiger partial charge on any atom is -0.379 e. The Hall–Kier alpha value is -0.420. The van der Waals surface area contributed by atoms with E-state index in [9.17, 15) is 0 Å². The van der Waals surface area contributed by atoms with Crippen LogP contribution in [0.25, 0.3) is 0 Å². The van der Waals surface area contributed by atoms with E-state index in [1.165, 1.54) is 12.8 Å². The highest BCUT2D eigenvalue weighted by atomic mass is 32.2. The number of aliphatic imine (C=N–C) groups is 1. The second-order valence-electron chi connectivity index (χ2n) is 4.41. The number of ether oxygens (including phenoxy) is 1. The van der Waals surface area contributed by atoms with E-state index in [1.54, 1.807) is 7.11 Å².